The minimum Gasteiger partial charge on any atom is -0.478 e. The number of aromatic nitrogens is 4. The molecule has 2 aromatic heterocycles. The predicted molar refractivity (Wildman–Crippen MR) is 152 cm³/mol. The van der Waals surface area contributed by atoms with Gasteiger partial charge in [-0.15, -0.1) is 0 Å². The van der Waals surface area contributed by atoms with Gasteiger partial charge in [-0.25, -0.2) is 29.5 Å². The average molecular weight is 699 g/mol. The quantitative estimate of drug-likeness (QED) is 0.322. The minimum atomic E-state index is -1.09. The average Bonchev–Trinajstić information content (AvgIpc) is 2.92. The fourth-order valence-corrected chi connectivity index (χ4v) is 4.31. The molecule has 223 valence electrons. The molecule has 4 rings (SSSR count). The van der Waals surface area contributed by atoms with Gasteiger partial charge >= 0.3 is 53.8 Å². The Labute approximate surface area is 275 Å². The van der Waals surface area contributed by atoms with Crippen LogP contribution in [0.4, 0.5) is 16.7 Å². The number of carboxylic acid groups (broad SMARTS) is 2. The smallest absolute Gasteiger partial charge is 0.478 e. The van der Waals surface area contributed by atoms with Crippen LogP contribution in [0.25, 0.3) is 0 Å². The number of carbonyl (C=O) groups excluding carboxylic acids is 1. The first-order valence-corrected chi connectivity index (χ1v) is 12.2. The van der Waals surface area contributed by atoms with Crippen molar-refractivity contribution in [2.45, 2.75) is 19.4 Å². The molecule has 2 aliphatic heterocycles. The molecule has 0 unspecified atom stereocenters. The van der Waals surface area contributed by atoms with E-state index >= 15 is 0 Å². The van der Waals surface area contributed by atoms with E-state index in [9.17, 15) is 14.4 Å². The van der Waals surface area contributed by atoms with Gasteiger partial charge < -0.3 is 52.5 Å². The van der Waals surface area contributed by atoms with Crippen LogP contribution >= 0.6 is 0 Å². The maximum absolute atomic E-state index is 12.7. The largest absolute Gasteiger partial charge is 3.00 e. The van der Waals surface area contributed by atoms with Crippen LogP contribution in [0.2, 0.25) is 0 Å². The second-order valence-corrected chi connectivity index (χ2v) is 8.93. The van der Waals surface area contributed by atoms with Crippen LogP contribution in [0.15, 0.2) is 24.8 Å². The molecule has 15 heteroatoms. The number of hydrogen-bond acceptors (Lipinski definition) is 10. The second kappa shape index (κ2) is 18.7. The van der Waals surface area contributed by atoms with Crippen molar-refractivity contribution in [1.29, 1.82) is 0 Å². The van der Waals surface area contributed by atoms with Crippen LogP contribution < -0.4 is 15.1 Å². The molecule has 2 aromatic rings. The first-order valence-electron chi connectivity index (χ1n) is 12.2. The van der Waals surface area contributed by atoms with Gasteiger partial charge in [-0.2, -0.15) is 0 Å². The van der Waals surface area contributed by atoms with Crippen LogP contribution in [0.3, 0.4) is 0 Å². The number of piperazine rings is 2. The first-order chi connectivity index (χ1) is 17.9. The third-order valence-electron chi connectivity index (χ3n) is 6.46. The Morgan fingerprint density at radius 3 is 1.73 bits per heavy atom. The van der Waals surface area contributed by atoms with Crippen molar-refractivity contribution >= 4 is 29.9 Å². The monoisotopic (exact) mass is 698 g/mol. The molecule has 2 amide bonds. The summed E-state index contributed by atoms with van der Waals surface area (Å²) >= 11 is 0. The third kappa shape index (κ3) is 11.2. The van der Waals surface area contributed by atoms with Crippen molar-refractivity contribution in [2.75, 3.05) is 68.7 Å². The van der Waals surface area contributed by atoms with Crippen LogP contribution in [-0.4, -0.2) is 117 Å². The molecule has 0 saturated carbocycles. The van der Waals surface area contributed by atoms with E-state index in [1.165, 1.54) is 12.4 Å². The number of anilines is 2. The zero-order valence-electron chi connectivity index (χ0n) is 24.0. The van der Waals surface area contributed by atoms with Gasteiger partial charge in [0.05, 0.1) is 5.56 Å². The molecule has 4 heterocycles. The van der Waals surface area contributed by atoms with Gasteiger partial charge in [-0.1, -0.05) is 0 Å². The molecule has 2 saturated heterocycles. The van der Waals surface area contributed by atoms with Gasteiger partial charge in [0.2, 0.25) is 17.8 Å². The molecular weight excluding hydrogens is 658 g/mol. The zero-order valence-corrected chi connectivity index (χ0v) is 27.1. The Morgan fingerprint density at radius 1 is 0.756 bits per heavy atom. The molecule has 0 aliphatic carbocycles. The van der Waals surface area contributed by atoms with Gasteiger partial charge in [-0.05, 0) is 13.0 Å². The molecule has 3 N–H and O–H groups in total. The van der Waals surface area contributed by atoms with E-state index in [2.05, 4.69) is 30.2 Å². The van der Waals surface area contributed by atoms with Crippen molar-refractivity contribution in [2.24, 2.45) is 0 Å². The van der Waals surface area contributed by atoms with Crippen LogP contribution in [0, 0.1) is 64.0 Å². The number of nitrogens with zero attached hydrogens (tertiary/aromatic N) is 8. The number of nitrogens with one attached hydrogen (secondary N) is 1. The van der Waals surface area contributed by atoms with Crippen LogP contribution in [-0.2, 0) is 11.3 Å². The van der Waals surface area contributed by atoms with Crippen molar-refractivity contribution in [3.05, 3.63) is 58.2 Å². The number of aromatic carboxylic acids is 1. The maximum Gasteiger partial charge on any atom is 3.00 e. The predicted octanol–water partition coefficient (Wildman–Crippen LogP) is 1.33. The van der Waals surface area contributed by atoms with E-state index in [0.29, 0.717) is 50.1 Å². The molecule has 1 radical (unpaired) electrons. The van der Waals surface area contributed by atoms with Gasteiger partial charge in [0.15, 0.2) is 0 Å². The summed E-state index contributed by atoms with van der Waals surface area (Å²) in [5.74, 6) is 0.228. The summed E-state index contributed by atoms with van der Waals surface area (Å²) in [5.41, 5.74) is 0.757. The number of carbonyl (C=O) groups is 3. The normalized spacial score (nSPS) is 14.9. The van der Waals surface area contributed by atoms with Crippen molar-refractivity contribution < 1.29 is 66.3 Å². The molecule has 0 spiro atoms. The van der Waals surface area contributed by atoms with Crippen molar-refractivity contribution in [3.63, 3.8) is 0 Å². The Balaban J connectivity index is 0.00000400. The third-order valence-corrected chi connectivity index (χ3v) is 6.46. The van der Waals surface area contributed by atoms with E-state index < -0.39 is 12.1 Å². The number of carboxylic acids is 1. The summed E-state index contributed by atoms with van der Waals surface area (Å²) < 4.78 is 0. The number of amides is 2. The first kappa shape index (κ1) is 38.3. The Kier molecular flexibility index (Phi) is 17.5. The Bertz CT molecular complexity index is 1080. The van der Waals surface area contributed by atoms with Gasteiger partial charge in [-0.3, -0.25) is 9.69 Å². The van der Waals surface area contributed by atoms with Gasteiger partial charge in [0.25, 0.3) is 0 Å². The molecule has 14 nitrogen and oxygen atoms in total. The van der Waals surface area contributed by atoms with E-state index in [0.717, 1.165) is 39.1 Å². The molecule has 0 atom stereocenters. The fourth-order valence-electron chi connectivity index (χ4n) is 4.31. The Morgan fingerprint density at radius 2 is 1.24 bits per heavy atom. The van der Waals surface area contributed by atoms with Gasteiger partial charge in [0.1, 0.15) is 0 Å². The summed E-state index contributed by atoms with van der Waals surface area (Å²) in [7, 11) is 0. The topological polar surface area (TPSA) is 168 Å². The Hall–Kier alpha value is -2.69. The minimum absolute atomic E-state index is 0. The summed E-state index contributed by atoms with van der Waals surface area (Å²) in [6.45, 7) is 6.70. The molecule has 2 fully saturated rings. The zero-order chi connectivity index (χ0) is 26.2. The molecule has 41 heavy (non-hydrogen) atoms. The van der Waals surface area contributed by atoms with E-state index in [1.807, 2.05) is 14.7 Å². The van der Waals surface area contributed by atoms with E-state index in [4.69, 9.17) is 10.2 Å². The summed E-state index contributed by atoms with van der Waals surface area (Å²) in [6, 6.07) is 0. The second-order valence-electron chi connectivity index (χ2n) is 8.93. The summed E-state index contributed by atoms with van der Waals surface area (Å²) in [4.78, 5) is 59.5. The van der Waals surface area contributed by atoms with Crippen LogP contribution in [0.1, 0.15) is 28.8 Å². The van der Waals surface area contributed by atoms with E-state index in [1.54, 1.807) is 12.4 Å². The SMILES string of the molecule is O=C(O)NCc1cnc(N2CCN(C(=O)CCCN3CCN(c4ncc(C(=O)O)cn4)CC3)CC2)nc1.[CH3-].[CH3-].[CH3-].[Ce+3]. The van der Waals surface area contributed by atoms with E-state index in [-0.39, 0.29) is 82.0 Å². The molecule has 0 aromatic carbocycles. The van der Waals surface area contributed by atoms with Gasteiger partial charge in [0, 0.05) is 95.7 Å². The summed E-state index contributed by atoms with van der Waals surface area (Å²) in [5, 5.41) is 19.9. The number of hydrogen-bond donors (Lipinski definition) is 3. The van der Waals surface area contributed by atoms with Crippen molar-refractivity contribution in [1.82, 2.24) is 35.1 Å². The molecule has 2 aliphatic rings. The van der Waals surface area contributed by atoms with Crippen molar-refractivity contribution in [3.8, 4) is 0 Å². The van der Waals surface area contributed by atoms with Crippen LogP contribution in [0.5, 0.6) is 0 Å². The standard InChI is InChI=1S/C23H31N9O5.3CH3.Ce/c33-19(30-8-10-32(11-9-30)21-24-12-17(13-25-21)14-28-23(36)37)2-1-3-29-4-6-31(7-5-29)22-26-15-18(16-27-22)20(34)35;;;;/h12-13,15-16,28H,1-11,14H2,(H,34,35)(H,36,37);3*1H3;/q;3*-1;+3. The molecular formula is C26H40CeN9O5. The number of rotatable bonds is 9. The summed E-state index contributed by atoms with van der Waals surface area (Å²) in [6.07, 6.45) is 6.07. The fraction of sp³-hybridized carbons (Fsp3) is 0.462. The molecule has 0 bridgehead atoms. The maximum atomic E-state index is 12.7.